The van der Waals surface area contributed by atoms with Gasteiger partial charge in [-0.15, -0.1) is 0 Å². The fraction of sp³-hybridized carbons (Fsp3) is 0.158. The highest BCUT2D eigenvalue weighted by Gasteiger charge is 2.10. The number of rotatable bonds is 5. The summed E-state index contributed by atoms with van der Waals surface area (Å²) in [6.45, 7) is 0.570. The third kappa shape index (κ3) is 4.08. The summed E-state index contributed by atoms with van der Waals surface area (Å²) in [4.78, 5) is 15.7. The van der Waals surface area contributed by atoms with Crippen LogP contribution in [-0.4, -0.2) is 22.7 Å². The van der Waals surface area contributed by atoms with Crippen LogP contribution in [0.3, 0.4) is 0 Å². The van der Waals surface area contributed by atoms with Crippen LogP contribution in [-0.2, 0) is 6.54 Å². The first-order valence-electron chi connectivity index (χ1n) is 7.80. The molecule has 0 spiro atoms. The smallest absolute Gasteiger partial charge is 0.315 e. The van der Waals surface area contributed by atoms with E-state index in [4.69, 9.17) is 0 Å². The number of aromatic nitrogens is 1. The number of nitrogens with one attached hydrogen (secondary N) is 2. The molecule has 0 fully saturated rings. The minimum Gasteiger partial charge on any atom is -0.387 e. The first kappa shape index (κ1) is 16.0. The number of aliphatic hydroxyl groups excluding tert-OH is 1. The van der Waals surface area contributed by atoms with Crippen molar-refractivity contribution in [3.63, 3.8) is 0 Å². The van der Waals surface area contributed by atoms with E-state index in [0.717, 1.165) is 21.9 Å². The number of carbonyl (C=O) groups excluding carboxylic acids is 1. The van der Waals surface area contributed by atoms with Crippen molar-refractivity contribution in [2.45, 2.75) is 12.6 Å². The molecule has 2 aromatic carbocycles. The van der Waals surface area contributed by atoms with Crippen LogP contribution >= 0.6 is 0 Å². The SMILES string of the molecule is O=C(NCc1ccncc1)NCC(O)c1ccc2ccccc2c1. The van der Waals surface area contributed by atoms with Gasteiger partial charge in [0, 0.05) is 25.5 Å². The van der Waals surface area contributed by atoms with Crippen LogP contribution in [0.4, 0.5) is 4.79 Å². The number of hydrogen-bond donors (Lipinski definition) is 3. The predicted octanol–water partition coefficient (Wildman–Crippen LogP) is 2.77. The number of carbonyl (C=O) groups is 1. The van der Waals surface area contributed by atoms with E-state index in [1.54, 1.807) is 12.4 Å². The number of fused-ring (bicyclic) bond motifs is 1. The minimum absolute atomic E-state index is 0.153. The summed E-state index contributed by atoms with van der Waals surface area (Å²) < 4.78 is 0. The zero-order chi connectivity index (χ0) is 16.8. The van der Waals surface area contributed by atoms with Crippen molar-refractivity contribution in [1.29, 1.82) is 0 Å². The molecule has 0 saturated carbocycles. The summed E-state index contributed by atoms with van der Waals surface area (Å²) in [5, 5.41) is 17.9. The highest BCUT2D eigenvalue weighted by molar-refractivity contribution is 5.83. The molecule has 3 aromatic rings. The molecule has 3 rings (SSSR count). The quantitative estimate of drug-likeness (QED) is 0.676. The lowest BCUT2D eigenvalue weighted by Crippen LogP contribution is -2.37. The van der Waals surface area contributed by atoms with Gasteiger partial charge in [-0.25, -0.2) is 4.79 Å². The van der Waals surface area contributed by atoms with Crippen LogP contribution in [0.1, 0.15) is 17.2 Å². The van der Waals surface area contributed by atoms with E-state index < -0.39 is 6.10 Å². The number of benzene rings is 2. The van der Waals surface area contributed by atoms with Crippen LogP contribution in [0.5, 0.6) is 0 Å². The third-order valence-electron chi connectivity index (χ3n) is 3.82. The highest BCUT2D eigenvalue weighted by atomic mass is 16.3. The maximum Gasteiger partial charge on any atom is 0.315 e. The second kappa shape index (κ2) is 7.57. The van der Waals surface area contributed by atoms with Crippen LogP contribution in [0.15, 0.2) is 67.0 Å². The van der Waals surface area contributed by atoms with E-state index in [1.165, 1.54) is 0 Å². The zero-order valence-corrected chi connectivity index (χ0v) is 13.1. The van der Waals surface area contributed by atoms with Gasteiger partial charge in [0.1, 0.15) is 0 Å². The molecular weight excluding hydrogens is 302 g/mol. The van der Waals surface area contributed by atoms with E-state index in [2.05, 4.69) is 15.6 Å². The maximum atomic E-state index is 11.8. The van der Waals surface area contributed by atoms with Crippen molar-refractivity contribution < 1.29 is 9.90 Å². The van der Waals surface area contributed by atoms with Gasteiger partial charge in [0.2, 0.25) is 0 Å². The molecule has 1 heterocycles. The topological polar surface area (TPSA) is 74.2 Å². The Balaban J connectivity index is 1.52. The van der Waals surface area contributed by atoms with Crippen molar-refractivity contribution in [2.75, 3.05) is 6.54 Å². The van der Waals surface area contributed by atoms with Crippen LogP contribution in [0.2, 0.25) is 0 Å². The van der Waals surface area contributed by atoms with Crippen LogP contribution in [0.25, 0.3) is 10.8 Å². The van der Waals surface area contributed by atoms with Gasteiger partial charge in [-0.1, -0.05) is 36.4 Å². The van der Waals surface area contributed by atoms with Crippen molar-refractivity contribution in [1.82, 2.24) is 15.6 Å². The molecule has 0 aliphatic heterocycles. The Bertz CT molecular complexity index is 821. The van der Waals surface area contributed by atoms with Crippen molar-refractivity contribution in [3.8, 4) is 0 Å². The van der Waals surface area contributed by atoms with E-state index in [1.807, 2.05) is 54.6 Å². The first-order chi connectivity index (χ1) is 11.7. The Morgan fingerprint density at radius 1 is 1.00 bits per heavy atom. The zero-order valence-electron chi connectivity index (χ0n) is 13.1. The van der Waals surface area contributed by atoms with Crippen LogP contribution < -0.4 is 10.6 Å². The van der Waals surface area contributed by atoms with Crippen molar-refractivity contribution >= 4 is 16.8 Å². The summed E-state index contributed by atoms with van der Waals surface area (Å²) in [6, 6.07) is 17.1. The Morgan fingerprint density at radius 2 is 1.75 bits per heavy atom. The first-order valence-corrected chi connectivity index (χ1v) is 7.80. The number of amides is 2. The molecule has 0 aliphatic carbocycles. The van der Waals surface area contributed by atoms with Gasteiger partial charge < -0.3 is 15.7 Å². The lowest BCUT2D eigenvalue weighted by molar-refractivity contribution is 0.173. The van der Waals surface area contributed by atoms with Gasteiger partial charge in [0.25, 0.3) is 0 Å². The van der Waals surface area contributed by atoms with Gasteiger partial charge in [0.15, 0.2) is 0 Å². The summed E-state index contributed by atoms with van der Waals surface area (Å²) >= 11 is 0. The summed E-state index contributed by atoms with van der Waals surface area (Å²) in [5.74, 6) is 0. The summed E-state index contributed by atoms with van der Waals surface area (Å²) in [5.41, 5.74) is 1.75. The molecule has 0 saturated heterocycles. The Kier molecular flexibility index (Phi) is 5.03. The van der Waals surface area contributed by atoms with Gasteiger partial charge >= 0.3 is 6.03 Å². The van der Waals surface area contributed by atoms with E-state index in [0.29, 0.717) is 6.54 Å². The predicted molar refractivity (Wildman–Crippen MR) is 93.4 cm³/mol. The fourth-order valence-electron chi connectivity index (χ4n) is 2.47. The minimum atomic E-state index is -0.749. The van der Waals surface area contributed by atoms with Gasteiger partial charge in [0.05, 0.1) is 6.10 Å². The molecule has 1 atom stereocenters. The van der Waals surface area contributed by atoms with E-state index >= 15 is 0 Å². The standard InChI is InChI=1S/C19H19N3O2/c23-18(17-6-5-15-3-1-2-4-16(15)11-17)13-22-19(24)21-12-14-7-9-20-10-8-14/h1-11,18,23H,12-13H2,(H2,21,22,24). The number of hydrogen-bond acceptors (Lipinski definition) is 3. The number of aliphatic hydroxyl groups is 1. The molecule has 0 bridgehead atoms. The summed E-state index contributed by atoms with van der Waals surface area (Å²) in [6.07, 6.45) is 2.61. The molecule has 0 aliphatic rings. The molecule has 24 heavy (non-hydrogen) atoms. The van der Waals surface area contributed by atoms with Crippen LogP contribution in [0, 0.1) is 0 Å². The number of urea groups is 1. The molecule has 5 nitrogen and oxygen atoms in total. The average Bonchev–Trinajstić information content (AvgIpc) is 2.65. The number of nitrogens with zero attached hydrogens (tertiary/aromatic N) is 1. The van der Waals surface area contributed by atoms with Crippen molar-refractivity contribution in [2.24, 2.45) is 0 Å². The van der Waals surface area contributed by atoms with Gasteiger partial charge in [-0.05, 0) is 40.1 Å². The molecule has 2 amide bonds. The Hall–Kier alpha value is -2.92. The second-order valence-corrected chi connectivity index (χ2v) is 5.54. The van der Waals surface area contributed by atoms with Gasteiger partial charge in [-0.3, -0.25) is 4.98 Å². The lowest BCUT2D eigenvalue weighted by atomic mass is 10.0. The van der Waals surface area contributed by atoms with Gasteiger partial charge in [-0.2, -0.15) is 0 Å². The normalized spacial score (nSPS) is 11.9. The molecule has 0 radical (unpaired) electrons. The van der Waals surface area contributed by atoms with E-state index in [-0.39, 0.29) is 12.6 Å². The third-order valence-corrected chi connectivity index (χ3v) is 3.82. The lowest BCUT2D eigenvalue weighted by Gasteiger charge is -2.14. The van der Waals surface area contributed by atoms with Crippen molar-refractivity contribution in [3.05, 3.63) is 78.1 Å². The summed E-state index contributed by atoms with van der Waals surface area (Å²) in [7, 11) is 0. The highest BCUT2D eigenvalue weighted by Crippen LogP contribution is 2.19. The Morgan fingerprint density at radius 3 is 2.54 bits per heavy atom. The fourth-order valence-corrected chi connectivity index (χ4v) is 2.47. The monoisotopic (exact) mass is 321 g/mol. The molecule has 122 valence electrons. The maximum absolute atomic E-state index is 11.8. The second-order valence-electron chi connectivity index (χ2n) is 5.54. The molecule has 5 heteroatoms. The molecule has 1 unspecified atom stereocenters. The Labute approximate surface area is 140 Å². The van der Waals surface area contributed by atoms with E-state index in [9.17, 15) is 9.90 Å². The number of pyridine rings is 1. The molecule has 1 aromatic heterocycles. The molecular formula is C19H19N3O2. The largest absolute Gasteiger partial charge is 0.387 e. The molecule has 3 N–H and O–H groups in total. The average molecular weight is 321 g/mol.